The maximum absolute atomic E-state index is 12.6. The van der Waals surface area contributed by atoms with Crippen LogP contribution in [0.1, 0.15) is 44.0 Å². The maximum Gasteiger partial charge on any atom is 0.235 e. The summed E-state index contributed by atoms with van der Waals surface area (Å²) in [5, 5.41) is 18.0. The number of likely N-dealkylation sites (N-methyl/N-ethyl adjacent to an activating group) is 1. The number of aliphatic hydroxyl groups excluding tert-OH is 1. The van der Waals surface area contributed by atoms with Gasteiger partial charge in [0.05, 0.1) is 6.04 Å². The Morgan fingerprint density at radius 2 is 1.83 bits per heavy atom. The standard InChI is InChI=1S/C23H28N4O5.C2H6.Rh.Yb/c1-4-8-16(19(5-2)25-3)21(30)11-15(13-28)27-23(32)18(24)12-22(31)17-9-6-7-10-20(17)26-14-29;1-2;;/h4-10,15,18,29H,1,11-12,14,24H2,2-3H3,(H,26,31)(H,27,32);1-2H3;;/q-2;;;/b16-8+,19-5+;;;. The fourth-order valence-electron chi connectivity index (χ4n) is 2.91. The van der Waals surface area contributed by atoms with E-state index in [1.54, 1.807) is 37.5 Å². The minimum Gasteiger partial charge on any atom is -0.687 e. The molecule has 0 fully saturated rings. The van der Waals surface area contributed by atoms with Crippen molar-refractivity contribution in [2.45, 2.75) is 45.7 Å². The number of rotatable bonds is 14. The smallest absolute Gasteiger partial charge is 0.235 e. The van der Waals surface area contributed by atoms with Crippen LogP contribution in [0.5, 0.6) is 0 Å². The molecule has 2 unspecified atom stereocenters. The molecule has 0 aromatic heterocycles. The van der Waals surface area contributed by atoms with E-state index in [1.807, 2.05) is 13.8 Å². The first-order chi connectivity index (χ1) is 16.3. The molecule has 0 heterocycles. The van der Waals surface area contributed by atoms with E-state index in [0.29, 0.717) is 11.4 Å². The molecule has 1 aromatic carbocycles. The molecule has 1 radical (unpaired) electrons. The first kappa shape index (κ1) is 39.1. The monoisotopic (exact) mass is 747 g/mol. The number of ketones is 2. The second-order valence-corrected chi connectivity index (χ2v) is 6.63. The number of benzene rings is 1. The van der Waals surface area contributed by atoms with Gasteiger partial charge < -0.3 is 31.6 Å². The Kier molecular flexibility index (Phi) is 24.7. The number of nitrogens with one attached hydrogen (secondary N) is 2. The van der Waals surface area contributed by atoms with Crippen molar-refractivity contribution in [2.75, 3.05) is 19.1 Å². The molecule has 5 N–H and O–H groups in total. The van der Waals surface area contributed by atoms with Crippen LogP contribution in [0.4, 0.5) is 5.69 Å². The quantitative estimate of drug-likeness (QED) is 0.0571. The zero-order valence-electron chi connectivity index (χ0n) is 20.7. The van der Waals surface area contributed by atoms with Gasteiger partial charge in [0.15, 0.2) is 11.6 Å². The van der Waals surface area contributed by atoms with E-state index < -0.39 is 29.6 Å². The Balaban J connectivity index is -0.00000265. The number of allylic oxidation sites excluding steroid dienone is 4. The van der Waals surface area contributed by atoms with Gasteiger partial charge in [0.25, 0.3) is 0 Å². The normalized spacial score (nSPS) is 12.2. The molecule has 1 amide bonds. The average molecular weight is 747 g/mol. The van der Waals surface area contributed by atoms with E-state index in [-0.39, 0.29) is 97.1 Å². The van der Waals surface area contributed by atoms with Gasteiger partial charge in [-0.2, -0.15) is 0 Å². The molecule has 0 aliphatic rings. The summed E-state index contributed by atoms with van der Waals surface area (Å²) >= 11 is 0. The fraction of sp³-hybridized carbons (Fsp3) is 0.360. The van der Waals surface area contributed by atoms with Crippen molar-refractivity contribution in [2.24, 2.45) is 5.73 Å². The predicted octanol–water partition coefficient (Wildman–Crippen LogP) is 2.55. The van der Waals surface area contributed by atoms with Crippen LogP contribution in [0.3, 0.4) is 0 Å². The van der Waals surface area contributed by atoms with Crippen molar-refractivity contribution in [3.05, 3.63) is 71.2 Å². The van der Waals surface area contributed by atoms with Gasteiger partial charge in [-0.1, -0.05) is 50.8 Å². The molecular weight excluding hydrogens is 712 g/mol. The first-order valence-corrected chi connectivity index (χ1v) is 10.9. The molecule has 209 valence electrons. The topological polar surface area (TPSA) is 153 Å². The van der Waals surface area contributed by atoms with Crippen molar-refractivity contribution < 1.29 is 90.7 Å². The number of nitrogens with zero attached hydrogens (tertiary/aromatic N) is 1. The molecular formula is C25H34N4O5RhYb-2. The Morgan fingerprint density at radius 1 is 1.22 bits per heavy atom. The van der Waals surface area contributed by atoms with Gasteiger partial charge in [-0.3, -0.25) is 14.4 Å². The number of amides is 1. The van der Waals surface area contributed by atoms with Crippen molar-refractivity contribution >= 4 is 29.4 Å². The van der Waals surface area contributed by atoms with Crippen LogP contribution in [0.2, 0.25) is 0 Å². The van der Waals surface area contributed by atoms with Crippen LogP contribution in [0.15, 0.2) is 60.3 Å². The second kappa shape index (κ2) is 22.8. The third-order valence-electron chi connectivity index (χ3n) is 4.46. The molecule has 9 nitrogen and oxygen atoms in total. The molecule has 0 aliphatic carbocycles. The van der Waals surface area contributed by atoms with Gasteiger partial charge in [0.2, 0.25) is 5.91 Å². The molecule has 36 heavy (non-hydrogen) atoms. The van der Waals surface area contributed by atoms with Crippen LogP contribution < -0.4 is 16.4 Å². The maximum atomic E-state index is 12.6. The SMILES string of the molecule is C=C/C=C(C(=O)CC([C-]=O)NC(=O)C(N)CC(=O)c1ccccc1NCO)\C(=C/C)[N-]C.CC.[Rh].[Yb]. The molecule has 11 heteroatoms. The summed E-state index contributed by atoms with van der Waals surface area (Å²) in [7, 11) is 1.52. The largest absolute Gasteiger partial charge is 0.687 e. The number of nitrogens with two attached hydrogens (primary N) is 1. The third-order valence-corrected chi connectivity index (χ3v) is 4.46. The van der Waals surface area contributed by atoms with E-state index in [1.165, 1.54) is 25.3 Å². The minimum absolute atomic E-state index is 0. The van der Waals surface area contributed by atoms with Crippen LogP contribution in [-0.2, 0) is 33.9 Å². The van der Waals surface area contributed by atoms with Crippen molar-refractivity contribution in [3.63, 3.8) is 0 Å². The zero-order chi connectivity index (χ0) is 26.1. The van der Waals surface area contributed by atoms with Crippen LogP contribution in [-0.4, -0.2) is 54.7 Å². The molecule has 0 saturated heterocycles. The fourth-order valence-corrected chi connectivity index (χ4v) is 2.91. The zero-order valence-corrected chi connectivity index (χ0v) is 24.1. The van der Waals surface area contributed by atoms with Crippen molar-refractivity contribution in [1.82, 2.24) is 5.32 Å². The van der Waals surface area contributed by atoms with Gasteiger partial charge >= 0.3 is 0 Å². The van der Waals surface area contributed by atoms with Gasteiger partial charge in [-0.05, 0) is 19.1 Å². The molecule has 1 aromatic rings. The molecule has 2 atom stereocenters. The summed E-state index contributed by atoms with van der Waals surface area (Å²) in [6.45, 7) is 8.90. The number of hydrogen-bond acceptors (Lipinski definition) is 7. The van der Waals surface area contributed by atoms with Crippen LogP contribution in [0, 0.1) is 46.9 Å². The number of aliphatic hydroxyl groups is 1. The van der Waals surface area contributed by atoms with Crippen LogP contribution >= 0.6 is 0 Å². The summed E-state index contributed by atoms with van der Waals surface area (Å²) < 4.78 is 0. The van der Waals surface area contributed by atoms with E-state index in [9.17, 15) is 19.2 Å². The van der Waals surface area contributed by atoms with E-state index in [2.05, 4.69) is 22.5 Å². The van der Waals surface area contributed by atoms with E-state index in [0.717, 1.165) is 0 Å². The number of anilines is 1. The summed E-state index contributed by atoms with van der Waals surface area (Å²) in [5.41, 5.74) is 7.17. The van der Waals surface area contributed by atoms with Crippen molar-refractivity contribution in [3.8, 4) is 0 Å². The van der Waals surface area contributed by atoms with Gasteiger partial charge in [0, 0.05) is 96.1 Å². The summed E-state index contributed by atoms with van der Waals surface area (Å²) in [6, 6.07) is 3.96. The number of Topliss-reactive ketones (excluding diaryl/α,β-unsaturated/α-hetero) is 2. The molecule has 0 saturated carbocycles. The van der Waals surface area contributed by atoms with Crippen molar-refractivity contribution in [1.29, 1.82) is 0 Å². The molecule has 0 bridgehead atoms. The molecule has 0 aliphatic heterocycles. The second-order valence-electron chi connectivity index (χ2n) is 6.63. The molecule has 1 rings (SSSR count). The van der Waals surface area contributed by atoms with E-state index >= 15 is 0 Å². The van der Waals surface area contributed by atoms with Crippen LogP contribution in [0.25, 0.3) is 5.32 Å². The summed E-state index contributed by atoms with van der Waals surface area (Å²) in [5.74, 6) is -1.64. The Bertz CT molecular complexity index is 921. The summed E-state index contributed by atoms with van der Waals surface area (Å²) in [4.78, 5) is 48.9. The molecule has 0 spiro atoms. The van der Waals surface area contributed by atoms with E-state index in [4.69, 9.17) is 10.8 Å². The Morgan fingerprint density at radius 3 is 2.33 bits per heavy atom. The minimum atomic E-state index is -1.25. The predicted molar refractivity (Wildman–Crippen MR) is 134 cm³/mol. The number of para-hydroxylation sites is 1. The van der Waals surface area contributed by atoms with Gasteiger partial charge in [-0.25, -0.2) is 6.29 Å². The third kappa shape index (κ3) is 13.2. The Hall–Kier alpha value is -1.42. The number of carbonyl (C=O) groups excluding carboxylic acids is 4. The number of hydrogen-bond donors (Lipinski definition) is 4. The number of carbonyl (C=O) groups is 3. The Labute approximate surface area is 264 Å². The average Bonchev–Trinajstić information content (AvgIpc) is 2.85. The summed E-state index contributed by atoms with van der Waals surface area (Å²) in [6.07, 6.45) is 5.45. The van der Waals surface area contributed by atoms with Gasteiger partial charge in [0.1, 0.15) is 6.73 Å². The van der Waals surface area contributed by atoms with Gasteiger partial charge in [-0.15, -0.1) is 18.8 Å². The first-order valence-electron chi connectivity index (χ1n) is 10.9.